The molecule has 0 aliphatic carbocycles. The molecule has 0 aromatic heterocycles. The molecule has 0 N–H and O–H groups in total. The molecule has 0 bridgehead atoms. The molecule has 6 heteroatoms. The van der Waals surface area contributed by atoms with Crippen molar-refractivity contribution in [2.45, 2.75) is 26.3 Å². The summed E-state index contributed by atoms with van der Waals surface area (Å²) >= 11 is 0. The van der Waals surface area contributed by atoms with E-state index in [1.807, 2.05) is 41.3 Å². The zero-order chi connectivity index (χ0) is 22.1. The van der Waals surface area contributed by atoms with Gasteiger partial charge in [-0.3, -0.25) is 9.69 Å². The molecule has 0 atom stereocenters. The van der Waals surface area contributed by atoms with Crippen LogP contribution in [0.15, 0.2) is 48.5 Å². The van der Waals surface area contributed by atoms with E-state index in [1.54, 1.807) is 13.2 Å². The van der Waals surface area contributed by atoms with E-state index in [2.05, 4.69) is 11.8 Å². The third-order valence-electron chi connectivity index (χ3n) is 5.29. The van der Waals surface area contributed by atoms with E-state index in [9.17, 15) is 9.18 Å². The normalized spacial score (nSPS) is 15.1. The minimum atomic E-state index is -0.219. The van der Waals surface area contributed by atoms with Crippen LogP contribution in [0.2, 0.25) is 0 Å². The van der Waals surface area contributed by atoms with Gasteiger partial charge in [-0.2, -0.15) is 0 Å². The molecule has 5 nitrogen and oxygen atoms in total. The maximum Gasteiger partial charge on any atom is 0.246 e. The van der Waals surface area contributed by atoms with Crippen LogP contribution in [0.1, 0.15) is 30.9 Å². The van der Waals surface area contributed by atoms with Crippen LogP contribution < -0.4 is 9.47 Å². The summed E-state index contributed by atoms with van der Waals surface area (Å²) in [7, 11) is 1.61. The highest BCUT2D eigenvalue weighted by Gasteiger charge is 2.17. The van der Waals surface area contributed by atoms with Crippen molar-refractivity contribution >= 4 is 12.0 Å². The average Bonchev–Trinajstić information content (AvgIpc) is 3.03. The number of hydrogen-bond donors (Lipinski definition) is 0. The summed E-state index contributed by atoms with van der Waals surface area (Å²) in [5.41, 5.74) is 1.98. The largest absolute Gasteiger partial charge is 0.493 e. The SMILES string of the molecule is CCCOc1ccc(/C=C/C(=O)N2CCCN(Cc3ccc(F)cc3)CC2)cc1OC. The van der Waals surface area contributed by atoms with Crippen LogP contribution in [-0.2, 0) is 11.3 Å². The summed E-state index contributed by atoms with van der Waals surface area (Å²) in [6.07, 6.45) is 5.28. The van der Waals surface area contributed by atoms with E-state index in [0.717, 1.165) is 50.1 Å². The van der Waals surface area contributed by atoms with Crippen molar-refractivity contribution in [1.82, 2.24) is 9.80 Å². The lowest BCUT2D eigenvalue weighted by Crippen LogP contribution is -2.34. The molecule has 0 saturated carbocycles. The number of carbonyl (C=O) groups excluding carboxylic acids is 1. The number of rotatable bonds is 8. The highest BCUT2D eigenvalue weighted by Crippen LogP contribution is 2.28. The third-order valence-corrected chi connectivity index (χ3v) is 5.29. The van der Waals surface area contributed by atoms with Gasteiger partial charge in [0.2, 0.25) is 5.91 Å². The predicted molar refractivity (Wildman–Crippen MR) is 121 cm³/mol. The smallest absolute Gasteiger partial charge is 0.246 e. The molecule has 0 unspecified atom stereocenters. The Labute approximate surface area is 184 Å². The highest BCUT2D eigenvalue weighted by atomic mass is 19.1. The van der Waals surface area contributed by atoms with Gasteiger partial charge in [0.1, 0.15) is 5.82 Å². The number of carbonyl (C=O) groups is 1. The minimum Gasteiger partial charge on any atom is -0.493 e. The molecule has 0 spiro atoms. The van der Waals surface area contributed by atoms with Gasteiger partial charge in [-0.15, -0.1) is 0 Å². The highest BCUT2D eigenvalue weighted by molar-refractivity contribution is 5.91. The molecule has 1 amide bonds. The van der Waals surface area contributed by atoms with E-state index in [-0.39, 0.29) is 11.7 Å². The number of methoxy groups -OCH3 is 1. The molecule has 0 radical (unpaired) electrons. The number of halogens is 1. The van der Waals surface area contributed by atoms with Crippen LogP contribution >= 0.6 is 0 Å². The van der Waals surface area contributed by atoms with Crippen molar-refractivity contribution in [3.05, 3.63) is 65.5 Å². The second-order valence-electron chi connectivity index (χ2n) is 7.67. The van der Waals surface area contributed by atoms with Crippen LogP contribution in [-0.4, -0.2) is 55.6 Å². The fourth-order valence-electron chi connectivity index (χ4n) is 3.59. The molecule has 1 fully saturated rings. The maximum atomic E-state index is 13.1. The number of hydrogen-bond acceptors (Lipinski definition) is 4. The maximum absolute atomic E-state index is 13.1. The Morgan fingerprint density at radius 3 is 2.61 bits per heavy atom. The second kappa shape index (κ2) is 11.5. The lowest BCUT2D eigenvalue weighted by Gasteiger charge is -2.21. The molecular formula is C25H31FN2O3. The third kappa shape index (κ3) is 6.82. The lowest BCUT2D eigenvalue weighted by atomic mass is 10.2. The Bertz CT molecular complexity index is 883. The predicted octanol–water partition coefficient (Wildman–Crippen LogP) is 4.37. The van der Waals surface area contributed by atoms with Gasteiger partial charge < -0.3 is 14.4 Å². The number of ether oxygens (including phenoxy) is 2. The van der Waals surface area contributed by atoms with Crippen molar-refractivity contribution in [3.63, 3.8) is 0 Å². The van der Waals surface area contributed by atoms with Gasteiger partial charge in [-0.1, -0.05) is 25.1 Å². The summed E-state index contributed by atoms with van der Waals surface area (Å²) in [5.74, 6) is 1.16. The van der Waals surface area contributed by atoms with E-state index in [0.29, 0.717) is 24.7 Å². The quantitative estimate of drug-likeness (QED) is 0.588. The summed E-state index contributed by atoms with van der Waals surface area (Å²) < 4.78 is 24.2. The van der Waals surface area contributed by atoms with Crippen LogP contribution in [0.5, 0.6) is 11.5 Å². The Hall–Kier alpha value is -2.86. The Balaban J connectivity index is 1.55. The van der Waals surface area contributed by atoms with Crippen molar-refractivity contribution < 1.29 is 18.7 Å². The molecule has 2 aromatic carbocycles. The van der Waals surface area contributed by atoms with Crippen LogP contribution in [0.3, 0.4) is 0 Å². The first kappa shape index (κ1) is 22.8. The molecule has 3 rings (SSSR count). The van der Waals surface area contributed by atoms with Gasteiger partial charge in [-0.25, -0.2) is 4.39 Å². The molecular weight excluding hydrogens is 395 g/mol. The van der Waals surface area contributed by atoms with Gasteiger partial charge in [0.05, 0.1) is 13.7 Å². The second-order valence-corrected chi connectivity index (χ2v) is 7.67. The lowest BCUT2D eigenvalue weighted by molar-refractivity contribution is -0.125. The first-order valence-electron chi connectivity index (χ1n) is 10.8. The number of nitrogens with zero attached hydrogens (tertiary/aromatic N) is 2. The summed E-state index contributed by atoms with van der Waals surface area (Å²) in [4.78, 5) is 16.9. The van der Waals surface area contributed by atoms with Crippen molar-refractivity contribution in [2.24, 2.45) is 0 Å². The van der Waals surface area contributed by atoms with Gasteiger partial charge in [-0.05, 0) is 54.3 Å². The zero-order valence-electron chi connectivity index (χ0n) is 18.4. The van der Waals surface area contributed by atoms with Crippen molar-refractivity contribution in [2.75, 3.05) is 39.9 Å². The molecule has 2 aromatic rings. The molecule has 1 saturated heterocycles. The van der Waals surface area contributed by atoms with Gasteiger partial charge in [0.15, 0.2) is 11.5 Å². The van der Waals surface area contributed by atoms with E-state index >= 15 is 0 Å². The molecule has 1 aliphatic heterocycles. The monoisotopic (exact) mass is 426 g/mol. The molecule has 1 aliphatic rings. The van der Waals surface area contributed by atoms with Crippen LogP contribution in [0, 0.1) is 5.82 Å². The fourth-order valence-corrected chi connectivity index (χ4v) is 3.59. The standard InChI is InChI=1S/C25H31FN2O3/c1-3-17-31-23-11-7-20(18-24(23)30-2)8-12-25(29)28-14-4-13-27(15-16-28)19-21-5-9-22(26)10-6-21/h5-12,18H,3-4,13-17,19H2,1-2H3/b12-8+. The molecule has 1 heterocycles. The Morgan fingerprint density at radius 1 is 1.06 bits per heavy atom. The summed E-state index contributed by atoms with van der Waals surface area (Å²) in [5, 5.41) is 0. The number of benzene rings is 2. The summed E-state index contributed by atoms with van der Waals surface area (Å²) in [6, 6.07) is 12.3. The Kier molecular flexibility index (Phi) is 8.47. The minimum absolute atomic E-state index is 0.00825. The van der Waals surface area contributed by atoms with Crippen LogP contribution in [0.25, 0.3) is 6.08 Å². The topological polar surface area (TPSA) is 42.0 Å². The average molecular weight is 427 g/mol. The van der Waals surface area contributed by atoms with E-state index < -0.39 is 0 Å². The van der Waals surface area contributed by atoms with Gasteiger partial charge in [0.25, 0.3) is 0 Å². The molecule has 31 heavy (non-hydrogen) atoms. The van der Waals surface area contributed by atoms with E-state index in [1.165, 1.54) is 12.1 Å². The molecule has 166 valence electrons. The fraction of sp³-hybridized carbons (Fsp3) is 0.400. The van der Waals surface area contributed by atoms with Gasteiger partial charge in [0, 0.05) is 38.8 Å². The summed E-state index contributed by atoms with van der Waals surface area (Å²) in [6.45, 7) is 6.59. The Morgan fingerprint density at radius 2 is 1.87 bits per heavy atom. The first-order chi connectivity index (χ1) is 15.1. The van der Waals surface area contributed by atoms with Crippen molar-refractivity contribution in [3.8, 4) is 11.5 Å². The zero-order valence-corrected chi connectivity index (χ0v) is 18.4. The van der Waals surface area contributed by atoms with E-state index in [4.69, 9.17) is 9.47 Å². The number of amides is 1. The first-order valence-corrected chi connectivity index (χ1v) is 10.8. The van der Waals surface area contributed by atoms with Crippen LogP contribution in [0.4, 0.5) is 4.39 Å². The van der Waals surface area contributed by atoms with Crippen molar-refractivity contribution in [1.29, 1.82) is 0 Å². The van der Waals surface area contributed by atoms with Gasteiger partial charge >= 0.3 is 0 Å².